The smallest absolute Gasteiger partial charge is 0.263 e. The number of hydrogen-bond acceptors (Lipinski definition) is 3. The van der Waals surface area contributed by atoms with Gasteiger partial charge in [-0.1, -0.05) is 26.8 Å². The number of nitrogens with one attached hydrogen (secondary N) is 1. The Labute approximate surface area is 139 Å². The van der Waals surface area contributed by atoms with E-state index in [2.05, 4.69) is 32.3 Å². The highest BCUT2D eigenvalue weighted by atomic mass is 32.1. The number of aryl methyl sites for hydroxylation is 1. The molecule has 2 aromatic heterocycles. The molecule has 5 heteroatoms. The number of aromatic nitrogens is 2. The van der Waals surface area contributed by atoms with E-state index in [4.69, 9.17) is 12.2 Å². The number of rotatable bonds is 2. The predicted octanol–water partition coefficient (Wildman–Crippen LogP) is 4.46. The van der Waals surface area contributed by atoms with Crippen molar-refractivity contribution in [3.8, 4) is 0 Å². The lowest BCUT2D eigenvalue weighted by Gasteiger charge is -2.33. The summed E-state index contributed by atoms with van der Waals surface area (Å²) in [5.74, 6) is 0.673. The summed E-state index contributed by atoms with van der Waals surface area (Å²) in [7, 11) is 0. The molecule has 0 aromatic carbocycles. The predicted molar refractivity (Wildman–Crippen MR) is 96.4 cm³/mol. The van der Waals surface area contributed by atoms with Gasteiger partial charge in [0, 0.05) is 11.4 Å². The molecule has 1 N–H and O–H groups in total. The fourth-order valence-corrected chi connectivity index (χ4v) is 4.97. The lowest BCUT2D eigenvalue weighted by Crippen LogP contribution is -2.27. The van der Waals surface area contributed by atoms with Crippen LogP contribution in [0.4, 0.5) is 0 Å². The number of nitrogens with zero attached hydrogens (tertiary/aromatic N) is 1. The zero-order valence-corrected chi connectivity index (χ0v) is 15.0. The summed E-state index contributed by atoms with van der Waals surface area (Å²) < 4.78 is 2.09. The van der Waals surface area contributed by atoms with Gasteiger partial charge < -0.3 is 4.98 Å². The minimum absolute atomic E-state index is 0.0327. The van der Waals surface area contributed by atoms with Crippen LogP contribution in [-0.2, 0) is 19.4 Å². The SMILES string of the molecule is C=CCn1c(=S)[nH]c2sc3c(c2c1=O)CCC(C(C)(C)C)C3. The molecule has 3 rings (SSSR count). The van der Waals surface area contributed by atoms with E-state index in [1.165, 1.54) is 10.4 Å². The van der Waals surface area contributed by atoms with Crippen LogP contribution in [0.2, 0.25) is 0 Å². The molecule has 2 aromatic rings. The van der Waals surface area contributed by atoms with Crippen LogP contribution in [-0.4, -0.2) is 9.55 Å². The van der Waals surface area contributed by atoms with E-state index >= 15 is 0 Å². The van der Waals surface area contributed by atoms with Crippen molar-refractivity contribution in [3.05, 3.63) is 38.2 Å². The van der Waals surface area contributed by atoms with Gasteiger partial charge >= 0.3 is 0 Å². The second-order valence-electron chi connectivity index (χ2n) is 7.15. The fourth-order valence-electron chi connectivity index (χ4n) is 3.33. The third-order valence-electron chi connectivity index (χ3n) is 4.73. The van der Waals surface area contributed by atoms with E-state index in [1.54, 1.807) is 22.0 Å². The lowest BCUT2D eigenvalue weighted by molar-refractivity contribution is 0.218. The summed E-state index contributed by atoms with van der Waals surface area (Å²) in [6, 6.07) is 0. The maximum absolute atomic E-state index is 12.8. The molecule has 0 bridgehead atoms. The van der Waals surface area contributed by atoms with Crippen molar-refractivity contribution >= 4 is 33.8 Å². The number of thiophene rings is 1. The Balaban J connectivity index is 2.18. The van der Waals surface area contributed by atoms with E-state index in [-0.39, 0.29) is 5.56 Å². The first-order chi connectivity index (χ1) is 10.3. The molecule has 1 atom stereocenters. The Morgan fingerprint density at radius 1 is 1.50 bits per heavy atom. The van der Waals surface area contributed by atoms with Gasteiger partial charge in [-0.25, -0.2) is 0 Å². The van der Waals surface area contributed by atoms with Gasteiger partial charge in [0.25, 0.3) is 5.56 Å². The molecule has 0 spiro atoms. The molecule has 1 unspecified atom stereocenters. The molecule has 1 aliphatic rings. The van der Waals surface area contributed by atoms with Crippen LogP contribution in [0.5, 0.6) is 0 Å². The maximum atomic E-state index is 12.8. The number of aromatic amines is 1. The van der Waals surface area contributed by atoms with Gasteiger partial charge in [-0.3, -0.25) is 9.36 Å². The minimum atomic E-state index is 0.0327. The van der Waals surface area contributed by atoms with Crippen molar-refractivity contribution in [3.63, 3.8) is 0 Å². The van der Waals surface area contributed by atoms with E-state index in [1.807, 2.05) is 0 Å². The number of hydrogen-bond donors (Lipinski definition) is 1. The summed E-state index contributed by atoms with van der Waals surface area (Å²) in [5.41, 5.74) is 1.59. The normalized spacial score (nSPS) is 18.4. The molecule has 0 radical (unpaired) electrons. The summed E-state index contributed by atoms with van der Waals surface area (Å²) in [4.78, 5) is 18.3. The van der Waals surface area contributed by atoms with Crippen LogP contribution in [0.1, 0.15) is 37.6 Å². The zero-order chi connectivity index (χ0) is 16.1. The highest BCUT2D eigenvalue weighted by Crippen LogP contribution is 2.41. The Kier molecular flexibility index (Phi) is 3.89. The van der Waals surface area contributed by atoms with E-state index in [0.717, 1.165) is 29.5 Å². The number of allylic oxidation sites excluding steroid dienone is 1. The van der Waals surface area contributed by atoms with Gasteiger partial charge in [0.05, 0.1) is 5.39 Å². The second kappa shape index (κ2) is 5.46. The zero-order valence-electron chi connectivity index (χ0n) is 13.4. The van der Waals surface area contributed by atoms with Crippen molar-refractivity contribution in [2.24, 2.45) is 11.3 Å². The molecule has 0 amide bonds. The monoisotopic (exact) mass is 334 g/mol. The van der Waals surface area contributed by atoms with Crippen LogP contribution in [0.15, 0.2) is 17.4 Å². The average Bonchev–Trinajstić information content (AvgIpc) is 2.79. The molecule has 0 saturated heterocycles. The summed E-state index contributed by atoms with van der Waals surface area (Å²) in [6.45, 7) is 11.1. The van der Waals surface area contributed by atoms with Crippen LogP contribution in [0.3, 0.4) is 0 Å². The highest BCUT2D eigenvalue weighted by Gasteiger charge is 2.31. The van der Waals surface area contributed by atoms with Gasteiger partial charge in [-0.05, 0) is 48.4 Å². The molecular weight excluding hydrogens is 312 g/mol. The fraction of sp³-hybridized carbons (Fsp3) is 0.529. The van der Waals surface area contributed by atoms with Crippen molar-refractivity contribution in [2.75, 3.05) is 0 Å². The third-order valence-corrected chi connectivity index (χ3v) is 6.22. The second-order valence-corrected chi connectivity index (χ2v) is 8.64. The number of fused-ring (bicyclic) bond motifs is 3. The van der Waals surface area contributed by atoms with Crippen LogP contribution >= 0.6 is 23.6 Å². The Morgan fingerprint density at radius 3 is 2.86 bits per heavy atom. The minimum Gasteiger partial charge on any atom is -0.323 e. The van der Waals surface area contributed by atoms with E-state index in [0.29, 0.717) is 22.6 Å². The van der Waals surface area contributed by atoms with Crippen LogP contribution in [0, 0.1) is 16.1 Å². The molecule has 22 heavy (non-hydrogen) atoms. The highest BCUT2D eigenvalue weighted by molar-refractivity contribution is 7.71. The summed E-state index contributed by atoms with van der Waals surface area (Å²) in [6.07, 6.45) is 4.93. The Morgan fingerprint density at radius 2 is 2.23 bits per heavy atom. The van der Waals surface area contributed by atoms with Gasteiger partial charge in [-0.15, -0.1) is 17.9 Å². The van der Waals surface area contributed by atoms with Crippen LogP contribution in [0.25, 0.3) is 10.2 Å². The Bertz CT molecular complexity index is 848. The number of H-pyrrole nitrogens is 1. The standard InChI is InChI=1S/C17H22N2OS2/c1-5-8-19-15(20)13-11-7-6-10(17(2,3)4)9-12(11)22-14(13)18-16(19)21/h5,10H,1,6-9H2,2-4H3,(H,18,21). The van der Waals surface area contributed by atoms with Crippen molar-refractivity contribution in [2.45, 2.75) is 46.6 Å². The molecule has 0 fully saturated rings. The average molecular weight is 335 g/mol. The third kappa shape index (κ3) is 2.50. The topological polar surface area (TPSA) is 37.8 Å². The molecular formula is C17H22N2OS2. The van der Waals surface area contributed by atoms with Gasteiger partial charge in [-0.2, -0.15) is 0 Å². The maximum Gasteiger partial charge on any atom is 0.263 e. The van der Waals surface area contributed by atoms with Crippen molar-refractivity contribution < 1.29 is 0 Å². The quantitative estimate of drug-likeness (QED) is 0.650. The first-order valence-corrected chi connectivity index (χ1v) is 8.93. The van der Waals surface area contributed by atoms with Gasteiger partial charge in [0.1, 0.15) is 4.83 Å². The molecule has 3 nitrogen and oxygen atoms in total. The molecule has 0 saturated carbocycles. The first-order valence-electron chi connectivity index (χ1n) is 7.71. The van der Waals surface area contributed by atoms with Gasteiger partial charge in [0.2, 0.25) is 0 Å². The summed E-state index contributed by atoms with van der Waals surface area (Å²) >= 11 is 7.04. The molecule has 1 aliphatic carbocycles. The molecule has 118 valence electrons. The summed E-state index contributed by atoms with van der Waals surface area (Å²) in [5, 5.41) is 0.850. The Hall–Kier alpha value is -1.20. The lowest BCUT2D eigenvalue weighted by atomic mass is 9.72. The van der Waals surface area contributed by atoms with E-state index < -0.39 is 0 Å². The van der Waals surface area contributed by atoms with Crippen LogP contribution < -0.4 is 5.56 Å². The van der Waals surface area contributed by atoms with Crippen molar-refractivity contribution in [1.29, 1.82) is 0 Å². The molecule has 0 aliphatic heterocycles. The molecule has 2 heterocycles. The largest absolute Gasteiger partial charge is 0.323 e. The first kappa shape index (κ1) is 15.7. The van der Waals surface area contributed by atoms with Gasteiger partial charge in [0.15, 0.2) is 4.77 Å². The van der Waals surface area contributed by atoms with Crippen molar-refractivity contribution in [1.82, 2.24) is 9.55 Å². The van der Waals surface area contributed by atoms with E-state index in [9.17, 15) is 4.79 Å².